The molecule has 3 aromatic rings. The van der Waals surface area contributed by atoms with E-state index in [1.165, 1.54) is 19.2 Å². The summed E-state index contributed by atoms with van der Waals surface area (Å²) in [5, 5.41) is 9.25. The topological polar surface area (TPSA) is 65.0 Å². The predicted octanol–water partition coefficient (Wildman–Crippen LogP) is 5.17. The number of aromatic carboxylic acids is 1. The molecule has 0 aliphatic carbocycles. The van der Waals surface area contributed by atoms with Crippen LogP contribution in [0.4, 0.5) is 0 Å². The molecule has 0 unspecified atom stereocenters. The standard InChI is InChI=1S/C22H19ClO5/c1-26-20-14-17(22(24)25)13-19(23)21(20)28-12-11-27-18-9-7-16(8-10-18)15-5-3-2-4-6-15/h2-10,13-14H,11-12H2,1H3,(H,24,25). The van der Waals surface area contributed by atoms with Gasteiger partial charge in [0.05, 0.1) is 17.7 Å². The molecule has 0 saturated heterocycles. The van der Waals surface area contributed by atoms with Crippen LogP contribution in [0.15, 0.2) is 66.7 Å². The van der Waals surface area contributed by atoms with Gasteiger partial charge in [-0.1, -0.05) is 54.1 Å². The van der Waals surface area contributed by atoms with E-state index in [2.05, 4.69) is 12.1 Å². The highest BCUT2D eigenvalue weighted by molar-refractivity contribution is 6.32. The Morgan fingerprint density at radius 2 is 1.57 bits per heavy atom. The van der Waals surface area contributed by atoms with Gasteiger partial charge in [-0.25, -0.2) is 4.79 Å². The smallest absolute Gasteiger partial charge is 0.335 e. The number of carboxylic acid groups (broad SMARTS) is 1. The van der Waals surface area contributed by atoms with Crippen molar-refractivity contribution in [2.24, 2.45) is 0 Å². The van der Waals surface area contributed by atoms with Gasteiger partial charge in [0, 0.05) is 0 Å². The summed E-state index contributed by atoms with van der Waals surface area (Å²) < 4.78 is 16.5. The molecular formula is C22H19ClO5. The fourth-order valence-electron chi connectivity index (χ4n) is 2.66. The van der Waals surface area contributed by atoms with Gasteiger partial charge in [0.25, 0.3) is 0 Å². The second-order valence-corrected chi connectivity index (χ2v) is 6.29. The molecule has 0 aliphatic heterocycles. The van der Waals surface area contributed by atoms with Crippen LogP contribution in [-0.4, -0.2) is 31.4 Å². The van der Waals surface area contributed by atoms with Crippen molar-refractivity contribution >= 4 is 17.6 Å². The normalized spacial score (nSPS) is 10.4. The molecule has 6 heteroatoms. The summed E-state index contributed by atoms with van der Waals surface area (Å²) in [6.45, 7) is 0.522. The molecular weight excluding hydrogens is 380 g/mol. The Morgan fingerprint density at radius 3 is 2.21 bits per heavy atom. The molecule has 0 atom stereocenters. The van der Waals surface area contributed by atoms with E-state index < -0.39 is 5.97 Å². The zero-order valence-corrected chi connectivity index (χ0v) is 16.0. The lowest BCUT2D eigenvalue weighted by molar-refractivity contribution is 0.0696. The van der Waals surface area contributed by atoms with Crippen LogP contribution in [0, 0.1) is 0 Å². The van der Waals surface area contributed by atoms with E-state index in [0.717, 1.165) is 16.9 Å². The Labute approximate surface area is 168 Å². The summed E-state index contributed by atoms with van der Waals surface area (Å²) in [5.74, 6) is 0.186. The third kappa shape index (κ3) is 4.75. The van der Waals surface area contributed by atoms with Gasteiger partial charge in [-0.3, -0.25) is 0 Å². The van der Waals surface area contributed by atoms with Crippen molar-refractivity contribution < 1.29 is 24.1 Å². The van der Waals surface area contributed by atoms with E-state index in [-0.39, 0.29) is 28.7 Å². The number of benzene rings is 3. The number of hydrogen-bond donors (Lipinski definition) is 1. The largest absolute Gasteiger partial charge is 0.493 e. The molecule has 3 aromatic carbocycles. The van der Waals surface area contributed by atoms with Gasteiger partial charge in [0.15, 0.2) is 11.5 Å². The molecule has 0 radical (unpaired) electrons. The average Bonchev–Trinajstić information content (AvgIpc) is 2.72. The molecule has 0 amide bonds. The first kappa shape index (κ1) is 19.6. The predicted molar refractivity (Wildman–Crippen MR) is 108 cm³/mol. The molecule has 0 aromatic heterocycles. The highest BCUT2D eigenvalue weighted by atomic mass is 35.5. The van der Waals surface area contributed by atoms with Crippen LogP contribution in [-0.2, 0) is 0 Å². The third-order valence-electron chi connectivity index (χ3n) is 4.04. The maximum Gasteiger partial charge on any atom is 0.335 e. The first-order valence-corrected chi connectivity index (χ1v) is 8.98. The van der Waals surface area contributed by atoms with Crippen LogP contribution in [0.5, 0.6) is 17.2 Å². The van der Waals surface area contributed by atoms with Crippen molar-refractivity contribution in [1.82, 2.24) is 0 Å². The molecule has 0 fully saturated rings. The SMILES string of the molecule is COc1cc(C(=O)O)cc(Cl)c1OCCOc1ccc(-c2ccccc2)cc1. The van der Waals surface area contributed by atoms with Crippen molar-refractivity contribution in [3.05, 3.63) is 77.3 Å². The number of ether oxygens (including phenoxy) is 3. The van der Waals surface area contributed by atoms with Crippen molar-refractivity contribution in [2.45, 2.75) is 0 Å². The number of carbonyl (C=O) groups is 1. The minimum atomic E-state index is -1.09. The van der Waals surface area contributed by atoms with Crippen LogP contribution < -0.4 is 14.2 Å². The zero-order valence-electron chi connectivity index (χ0n) is 15.2. The van der Waals surface area contributed by atoms with Gasteiger partial charge in [-0.05, 0) is 35.4 Å². The lowest BCUT2D eigenvalue weighted by atomic mass is 10.1. The summed E-state index contributed by atoms with van der Waals surface area (Å²) in [6.07, 6.45) is 0. The van der Waals surface area contributed by atoms with E-state index in [9.17, 15) is 4.79 Å². The maximum atomic E-state index is 11.1. The van der Waals surface area contributed by atoms with Gasteiger partial charge in [-0.2, -0.15) is 0 Å². The maximum absolute atomic E-state index is 11.1. The Balaban J connectivity index is 1.57. The number of hydrogen-bond acceptors (Lipinski definition) is 4. The monoisotopic (exact) mass is 398 g/mol. The van der Waals surface area contributed by atoms with Crippen LogP contribution >= 0.6 is 11.6 Å². The summed E-state index contributed by atoms with van der Waals surface area (Å²) in [7, 11) is 1.43. The molecule has 0 bridgehead atoms. The van der Waals surface area contributed by atoms with Crippen molar-refractivity contribution in [3.63, 3.8) is 0 Å². The lowest BCUT2D eigenvalue weighted by Gasteiger charge is -2.14. The molecule has 5 nitrogen and oxygen atoms in total. The Morgan fingerprint density at radius 1 is 0.929 bits per heavy atom. The third-order valence-corrected chi connectivity index (χ3v) is 4.32. The number of halogens is 1. The van der Waals surface area contributed by atoms with Crippen LogP contribution in [0.3, 0.4) is 0 Å². The van der Waals surface area contributed by atoms with Crippen LogP contribution in [0.1, 0.15) is 10.4 Å². The minimum absolute atomic E-state index is 0.0314. The zero-order chi connectivity index (χ0) is 19.9. The second kappa shape index (κ2) is 9.15. The number of rotatable bonds is 8. The molecule has 28 heavy (non-hydrogen) atoms. The van der Waals surface area contributed by atoms with E-state index in [4.69, 9.17) is 30.9 Å². The van der Waals surface area contributed by atoms with Crippen LogP contribution in [0.2, 0.25) is 5.02 Å². The molecule has 0 aliphatic rings. The van der Waals surface area contributed by atoms with Gasteiger partial charge in [-0.15, -0.1) is 0 Å². The van der Waals surface area contributed by atoms with E-state index >= 15 is 0 Å². The first-order chi connectivity index (χ1) is 13.6. The summed E-state index contributed by atoms with van der Waals surface area (Å²) in [6, 6.07) is 20.6. The average molecular weight is 399 g/mol. The fourth-order valence-corrected chi connectivity index (χ4v) is 2.93. The quantitative estimate of drug-likeness (QED) is 0.530. The summed E-state index contributed by atoms with van der Waals surface area (Å²) in [5.41, 5.74) is 2.28. The first-order valence-electron chi connectivity index (χ1n) is 8.60. The molecule has 3 rings (SSSR count). The van der Waals surface area contributed by atoms with Gasteiger partial charge < -0.3 is 19.3 Å². The summed E-state index contributed by atoms with van der Waals surface area (Å²) >= 11 is 6.12. The van der Waals surface area contributed by atoms with Gasteiger partial charge >= 0.3 is 5.97 Å². The van der Waals surface area contributed by atoms with Crippen molar-refractivity contribution in [2.75, 3.05) is 20.3 Å². The van der Waals surface area contributed by atoms with Gasteiger partial charge in [0.2, 0.25) is 0 Å². The van der Waals surface area contributed by atoms with E-state index in [1.54, 1.807) is 0 Å². The number of methoxy groups -OCH3 is 1. The Hall–Kier alpha value is -3.18. The Bertz CT molecular complexity index is 939. The second-order valence-electron chi connectivity index (χ2n) is 5.88. The van der Waals surface area contributed by atoms with Gasteiger partial charge in [0.1, 0.15) is 19.0 Å². The molecule has 144 valence electrons. The van der Waals surface area contributed by atoms with Crippen molar-refractivity contribution in [3.8, 4) is 28.4 Å². The highest BCUT2D eigenvalue weighted by Crippen LogP contribution is 2.36. The van der Waals surface area contributed by atoms with Crippen LogP contribution in [0.25, 0.3) is 11.1 Å². The molecule has 0 spiro atoms. The van der Waals surface area contributed by atoms with E-state index in [0.29, 0.717) is 6.61 Å². The van der Waals surface area contributed by atoms with E-state index in [1.807, 2.05) is 42.5 Å². The molecule has 0 heterocycles. The lowest BCUT2D eigenvalue weighted by Crippen LogP contribution is -2.10. The number of carboxylic acids is 1. The minimum Gasteiger partial charge on any atom is -0.493 e. The summed E-state index contributed by atoms with van der Waals surface area (Å²) in [4.78, 5) is 11.1. The highest BCUT2D eigenvalue weighted by Gasteiger charge is 2.15. The molecule has 0 saturated carbocycles. The molecule has 1 N–H and O–H groups in total. The van der Waals surface area contributed by atoms with Crippen molar-refractivity contribution in [1.29, 1.82) is 0 Å². The fraction of sp³-hybridized carbons (Fsp3) is 0.136. The Kier molecular flexibility index (Phi) is 6.40.